The molecule has 10 heteroatoms. The van der Waals surface area contributed by atoms with E-state index >= 15 is 0 Å². The van der Waals surface area contributed by atoms with Crippen LogP contribution < -0.4 is 16.7 Å². The Morgan fingerprint density at radius 3 is 2.69 bits per heavy atom. The summed E-state index contributed by atoms with van der Waals surface area (Å²) in [5.41, 5.74) is 1.17. The number of rotatable bonds is 5. The number of hydrogen-bond donors (Lipinski definition) is 1. The average molecular weight is 482 g/mol. The van der Waals surface area contributed by atoms with Gasteiger partial charge in [0.05, 0.1) is 24.0 Å². The summed E-state index contributed by atoms with van der Waals surface area (Å²) in [5.74, 6) is 0.0741. The maximum absolute atomic E-state index is 13.9. The first-order chi connectivity index (χ1) is 17.3. The number of benzene rings is 2. The van der Waals surface area contributed by atoms with Gasteiger partial charge in [0, 0.05) is 17.3 Å². The molecule has 5 rings (SSSR count). The molecule has 0 unspecified atom stereocenters. The van der Waals surface area contributed by atoms with Crippen LogP contribution in [0.1, 0.15) is 22.5 Å². The lowest BCUT2D eigenvalue weighted by atomic mass is 10.1. The smallest absolute Gasteiger partial charge is 0.359 e. The zero-order valence-electron chi connectivity index (χ0n) is 19.3. The number of fused-ring (bicyclic) bond motifs is 1. The van der Waals surface area contributed by atoms with Gasteiger partial charge in [0.2, 0.25) is 5.95 Å². The highest BCUT2D eigenvalue weighted by Crippen LogP contribution is 2.24. The molecule has 0 atom stereocenters. The van der Waals surface area contributed by atoms with Crippen molar-refractivity contribution in [1.82, 2.24) is 19.1 Å². The molecule has 3 aromatic heterocycles. The van der Waals surface area contributed by atoms with Crippen molar-refractivity contribution < 1.29 is 8.81 Å². The number of furan rings is 1. The van der Waals surface area contributed by atoms with Gasteiger partial charge in [0.15, 0.2) is 0 Å². The minimum Gasteiger partial charge on any atom is -0.461 e. The summed E-state index contributed by atoms with van der Waals surface area (Å²) < 4.78 is 21.7. The van der Waals surface area contributed by atoms with Gasteiger partial charge in [-0.2, -0.15) is 10.2 Å². The van der Waals surface area contributed by atoms with E-state index in [0.29, 0.717) is 16.8 Å². The molecular formula is C26H19FN6O3. The van der Waals surface area contributed by atoms with Gasteiger partial charge in [0.25, 0.3) is 0 Å². The van der Waals surface area contributed by atoms with Crippen molar-refractivity contribution in [3.63, 3.8) is 0 Å². The minimum atomic E-state index is -0.789. The molecule has 0 saturated heterocycles. The van der Waals surface area contributed by atoms with Crippen LogP contribution in [0.25, 0.3) is 16.7 Å². The predicted octanol–water partition coefficient (Wildman–Crippen LogP) is 3.95. The molecule has 0 aliphatic carbocycles. The van der Waals surface area contributed by atoms with Crippen LogP contribution in [0.15, 0.2) is 74.9 Å². The van der Waals surface area contributed by atoms with Crippen molar-refractivity contribution in [3.8, 4) is 11.8 Å². The maximum Gasteiger partial charge on any atom is 0.359 e. The fraction of sp³-hybridized carbons (Fsp3) is 0.115. The van der Waals surface area contributed by atoms with Crippen LogP contribution in [-0.2, 0) is 6.54 Å². The normalized spacial score (nSPS) is 10.9. The number of aromatic nitrogens is 4. The molecule has 5 aromatic rings. The van der Waals surface area contributed by atoms with Crippen molar-refractivity contribution >= 4 is 22.6 Å². The average Bonchev–Trinajstić information content (AvgIpc) is 3.22. The fourth-order valence-corrected chi connectivity index (χ4v) is 3.94. The van der Waals surface area contributed by atoms with Gasteiger partial charge in [-0.1, -0.05) is 6.07 Å². The van der Waals surface area contributed by atoms with Crippen molar-refractivity contribution in [2.75, 3.05) is 5.32 Å². The van der Waals surface area contributed by atoms with Crippen molar-refractivity contribution in [1.29, 1.82) is 5.26 Å². The molecule has 0 amide bonds. The third kappa shape index (κ3) is 4.25. The molecule has 0 radical (unpaired) electrons. The second-order valence-corrected chi connectivity index (χ2v) is 8.30. The van der Waals surface area contributed by atoms with Gasteiger partial charge in [-0.15, -0.1) is 0 Å². The van der Waals surface area contributed by atoms with Crippen LogP contribution in [0.2, 0.25) is 0 Å². The van der Waals surface area contributed by atoms with Gasteiger partial charge in [-0.3, -0.25) is 9.55 Å². The number of nitriles is 1. The van der Waals surface area contributed by atoms with Crippen LogP contribution in [0, 0.1) is 31.0 Å². The van der Waals surface area contributed by atoms with Crippen LogP contribution in [-0.4, -0.2) is 19.1 Å². The monoisotopic (exact) mass is 482 g/mol. The Balaban J connectivity index is 1.66. The molecule has 36 heavy (non-hydrogen) atoms. The van der Waals surface area contributed by atoms with E-state index in [4.69, 9.17) is 4.42 Å². The standard InChI is InChI=1S/C26H19FN6O3/c1-15-7-21(13-29-12-15)33-25(34)31-24(30-20-4-6-23-18(10-20)8-16(2)36-23)32(26(33)35)14-17-3-5-22(27)19(9-17)11-28/h3-10,12-13H,14H2,1-2H3,(H,30,31,34). The first-order valence-electron chi connectivity index (χ1n) is 10.9. The molecule has 9 nitrogen and oxygen atoms in total. The molecule has 0 aliphatic rings. The van der Waals surface area contributed by atoms with E-state index in [2.05, 4.69) is 15.3 Å². The quantitative estimate of drug-likeness (QED) is 0.403. The second-order valence-electron chi connectivity index (χ2n) is 8.30. The Labute approximate surface area is 203 Å². The largest absolute Gasteiger partial charge is 0.461 e. The van der Waals surface area contributed by atoms with E-state index in [1.165, 1.54) is 22.9 Å². The van der Waals surface area contributed by atoms with Crippen molar-refractivity contribution in [2.45, 2.75) is 20.4 Å². The third-order valence-electron chi connectivity index (χ3n) is 5.58. The first kappa shape index (κ1) is 22.7. The number of nitrogens with one attached hydrogen (secondary N) is 1. The summed E-state index contributed by atoms with van der Waals surface area (Å²) in [6, 6.07) is 14.6. The molecule has 0 bridgehead atoms. The number of anilines is 2. The molecule has 178 valence electrons. The zero-order chi connectivity index (χ0) is 25.4. The number of hydrogen-bond acceptors (Lipinski definition) is 7. The lowest BCUT2D eigenvalue weighted by molar-refractivity contribution is 0.578. The van der Waals surface area contributed by atoms with E-state index < -0.39 is 17.2 Å². The summed E-state index contributed by atoms with van der Waals surface area (Å²) in [6.45, 7) is 3.55. The van der Waals surface area contributed by atoms with E-state index in [-0.39, 0.29) is 23.7 Å². The molecule has 0 fully saturated rings. The number of pyridine rings is 1. The number of aryl methyl sites for hydroxylation is 2. The van der Waals surface area contributed by atoms with Gasteiger partial charge in [-0.25, -0.2) is 18.5 Å². The Morgan fingerprint density at radius 2 is 1.92 bits per heavy atom. The molecule has 1 N–H and O–H groups in total. The lowest BCUT2D eigenvalue weighted by Crippen LogP contribution is -2.41. The predicted molar refractivity (Wildman–Crippen MR) is 131 cm³/mol. The topological polar surface area (TPSA) is 119 Å². The van der Waals surface area contributed by atoms with Gasteiger partial charge in [-0.05, 0) is 67.4 Å². The molecule has 3 heterocycles. The Morgan fingerprint density at radius 1 is 1.08 bits per heavy atom. The maximum atomic E-state index is 13.9. The van der Waals surface area contributed by atoms with Crippen molar-refractivity contribution in [2.24, 2.45) is 0 Å². The lowest BCUT2D eigenvalue weighted by Gasteiger charge is -2.16. The van der Waals surface area contributed by atoms with E-state index in [1.54, 1.807) is 37.4 Å². The Kier molecular flexibility index (Phi) is 5.66. The van der Waals surface area contributed by atoms with Gasteiger partial charge >= 0.3 is 11.4 Å². The molecule has 0 spiro atoms. The molecule has 0 aliphatic heterocycles. The number of halogens is 1. The van der Waals surface area contributed by atoms with E-state index in [9.17, 15) is 19.2 Å². The highest BCUT2D eigenvalue weighted by Gasteiger charge is 2.17. The summed E-state index contributed by atoms with van der Waals surface area (Å²) in [7, 11) is 0. The van der Waals surface area contributed by atoms with Crippen LogP contribution in [0.5, 0.6) is 0 Å². The minimum absolute atomic E-state index is 0.00994. The van der Waals surface area contributed by atoms with Crippen molar-refractivity contribution in [3.05, 3.63) is 110 Å². The van der Waals surface area contributed by atoms with Crippen LogP contribution >= 0.6 is 0 Å². The van der Waals surface area contributed by atoms with Gasteiger partial charge < -0.3 is 9.73 Å². The van der Waals surface area contributed by atoms with E-state index in [1.807, 2.05) is 19.1 Å². The fourth-order valence-electron chi connectivity index (χ4n) is 3.94. The summed E-state index contributed by atoms with van der Waals surface area (Å²) in [4.78, 5) is 34.8. The van der Waals surface area contributed by atoms with Crippen LogP contribution in [0.3, 0.4) is 0 Å². The second kappa shape index (κ2) is 8.96. The highest BCUT2D eigenvalue weighted by atomic mass is 19.1. The Bertz CT molecular complexity index is 1790. The SMILES string of the molecule is Cc1cncc(-n2c(=O)nc(Nc3ccc4oc(C)cc4c3)n(Cc3ccc(F)c(C#N)c3)c2=O)c1. The third-order valence-corrected chi connectivity index (χ3v) is 5.58. The number of nitrogens with zero attached hydrogens (tertiary/aromatic N) is 5. The molecule has 2 aromatic carbocycles. The Hall–Kier alpha value is -5.04. The van der Waals surface area contributed by atoms with E-state index in [0.717, 1.165) is 27.3 Å². The summed E-state index contributed by atoms with van der Waals surface area (Å²) in [5, 5.41) is 13.1. The summed E-state index contributed by atoms with van der Waals surface area (Å²) >= 11 is 0. The highest BCUT2D eigenvalue weighted by molar-refractivity contribution is 5.82. The first-order valence-corrected chi connectivity index (χ1v) is 10.9. The zero-order valence-corrected chi connectivity index (χ0v) is 19.3. The van der Waals surface area contributed by atoms with Crippen LogP contribution in [0.4, 0.5) is 16.0 Å². The molecule has 0 saturated carbocycles. The molecular weight excluding hydrogens is 463 g/mol. The van der Waals surface area contributed by atoms with Gasteiger partial charge in [0.1, 0.15) is 23.2 Å². The summed E-state index contributed by atoms with van der Waals surface area (Å²) in [6.07, 6.45) is 3.00.